The van der Waals surface area contributed by atoms with Gasteiger partial charge < -0.3 is 20.1 Å². The largest absolute Gasteiger partial charge is 0.480 e. The van der Waals surface area contributed by atoms with E-state index in [1.54, 1.807) is 11.3 Å². The van der Waals surface area contributed by atoms with E-state index in [-0.39, 0.29) is 19.1 Å². The lowest BCUT2D eigenvalue weighted by molar-refractivity contribution is -0.137. The molecule has 7 heteroatoms. The van der Waals surface area contributed by atoms with Gasteiger partial charge >= 0.3 is 12.0 Å². The standard InChI is InChI=1S/C14H22N2O4S/c1-9-7-12(11(3)21-9)10(2)15-14(19)16(5-6-20-4)8-13(17)18/h7,10H,5-6,8H2,1-4H3,(H,15,19)(H,17,18). The Hall–Kier alpha value is -1.60. The van der Waals surface area contributed by atoms with Crippen LogP contribution in [-0.4, -0.2) is 48.8 Å². The van der Waals surface area contributed by atoms with E-state index in [2.05, 4.69) is 5.32 Å². The summed E-state index contributed by atoms with van der Waals surface area (Å²) in [5.74, 6) is -1.04. The van der Waals surface area contributed by atoms with Crippen molar-refractivity contribution in [3.05, 3.63) is 21.4 Å². The highest BCUT2D eigenvalue weighted by Crippen LogP contribution is 2.26. The maximum absolute atomic E-state index is 12.2. The third kappa shape index (κ3) is 5.35. The van der Waals surface area contributed by atoms with Crippen molar-refractivity contribution in [1.29, 1.82) is 0 Å². The fourth-order valence-corrected chi connectivity index (χ4v) is 3.07. The molecule has 0 aromatic carbocycles. The predicted octanol–water partition coefficient (Wildman–Crippen LogP) is 2.17. The molecule has 0 bridgehead atoms. The molecule has 0 aliphatic rings. The number of methoxy groups -OCH3 is 1. The maximum Gasteiger partial charge on any atom is 0.323 e. The summed E-state index contributed by atoms with van der Waals surface area (Å²) in [7, 11) is 1.51. The first-order valence-electron chi connectivity index (χ1n) is 6.68. The van der Waals surface area contributed by atoms with Crippen LogP contribution in [0.1, 0.15) is 28.3 Å². The Bertz CT molecular complexity index is 501. The molecular formula is C14H22N2O4S. The van der Waals surface area contributed by atoms with Gasteiger partial charge in [-0.1, -0.05) is 0 Å². The van der Waals surface area contributed by atoms with Crippen molar-refractivity contribution in [2.45, 2.75) is 26.8 Å². The Morgan fingerprint density at radius 2 is 2.14 bits per heavy atom. The van der Waals surface area contributed by atoms with Crippen LogP contribution in [0.3, 0.4) is 0 Å². The number of nitrogens with one attached hydrogen (secondary N) is 1. The molecule has 21 heavy (non-hydrogen) atoms. The quantitative estimate of drug-likeness (QED) is 0.808. The van der Waals surface area contributed by atoms with Gasteiger partial charge in [0.25, 0.3) is 0 Å². The van der Waals surface area contributed by atoms with Crippen molar-refractivity contribution in [3.8, 4) is 0 Å². The second-order valence-corrected chi connectivity index (χ2v) is 6.31. The number of aliphatic carboxylic acids is 1. The second-order valence-electron chi connectivity index (χ2n) is 4.85. The molecule has 1 atom stereocenters. The van der Waals surface area contributed by atoms with E-state index in [4.69, 9.17) is 9.84 Å². The van der Waals surface area contributed by atoms with Crippen molar-refractivity contribution in [3.63, 3.8) is 0 Å². The number of rotatable bonds is 7. The summed E-state index contributed by atoms with van der Waals surface area (Å²) in [6, 6.07) is 1.48. The second kappa shape index (κ2) is 7.99. The summed E-state index contributed by atoms with van der Waals surface area (Å²) in [5, 5.41) is 11.7. The molecule has 0 aliphatic heterocycles. The molecule has 1 aromatic rings. The number of aryl methyl sites for hydroxylation is 2. The summed E-state index contributed by atoms with van der Waals surface area (Å²) in [6.07, 6.45) is 0. The van der Waals surface area contributed by atoms with E-state index < -0.39 is 12.0 Å². The predicted molar refractivity (Wildman–Crippen MR) is 81.8 cm³/mol. The van der Waals surface area contributed by atoms with Gasteiger partial charge in [-0.15, -0.1) is 11.3 Å². The molecule has 6 nitrogen and oxygen atoms in total. The van der Waals surface area contributed by atoms with Crippen LogP contribution in [0.25, 0.3) is 0 Å². The van der Waals surface area contributed by atoms with Crippen LogP contribution in [0.4, 0.5) is 4.79 Å². The monoisotopic (exact) mass is 314 g/mol. The summed E-state index contributed by atoms with van der Waals surface area (Å²) in [6.45, 7) is 6.11. The number of carboxylic acids is 1. The fourth-order valence-electron chi connectivity index (χ4n) is 2.05. The minimum atomic E-state index is -1.04. The number of hydrogen-bond donors (Lipinski definition) is 2. The molecule has 0 saturated carbocycles. The van der Waals surface area contributed by atoms with Crippen molar-refractivity contribution in [2.75, 3.05) is 26.8 Å². The Morgan fingerprint density at radius 1 is 1.48 bits per heavy atom. The number of thiophene rings is 1. The van der Waals surface area contributed by atoms with Crippen LogP contribution in [0.15, 0.2) is 6.07 Å². The van der Waals surface area contributed by atoms with Gasteiger partial charge in [-0.3, -0.25) is 4.79 Å². The molecular weight excluding hydrogens is 292 g/mol. The minimum Gasteiger partial charge on any atom is -0.480 e. The van der Waals surface area contributed by atoms with Crippen LogP contribution < -0.4 is 5.32 Å². The molecule has 118 valence electrons. The molecule has 1 unspecified atom stereocenters. The highest BCUT2D eigenvalue weighted by atomic mass is 32.1. The molecule has 2 amide bonds. The molecule has 0 radical (unpaired) electrons. The summed E-state index contributed by atoms with van der Waals surface area (Å²) in [5.41, 5.74) is 1.06. The highest BCUT2D eigenvalue weighted by Gasteiger charge is 2.20. The number of carboxylic acid groups (broad SMARTS) is 1. The van der Waals surface area contributed by atoms with Crippen molar-refractivity contribution < 1.29 is 19.4 Å². The van der Waals surface area contributed by atoms with Gasteiger partial charge in [-0.25, -0.2) is 4.79 Å². The van der Waals surface area contributed by atoms with Gasteiger partial charge in [0.2, 0.25) is 0 Å². The lowest BCUT2D eigenvalue weighted by Crippen LogP contribution is -2.45. The van der Waals surface area contributed by atoms with E-state index >= 15 is 0 Å². The lowest BCUT2D eigenvalue weighted by Gasteiger charge is -2.23. The summed E-state index contributed by atoms with van der Waals surface area (Å²) >= 11 is 1.68. The minimum absolute atomic E-state index is 0.165. The molecule has 1 aromatic heterocycles. The first-order valence-corrected chi connectivity index (χ1v) is 7.50. The Morgan fingerprint density at radius 3 is 2.62 bits per heavy atom. The van der Waals surface area contributed by atoms with Crippen molar-refractivity contribution in [2.24, 2.45) is 0 Å². The van der Waals surface area contributed by atoms with E-state index in [0.29, 0.717) is 6.61 Å². The highest BCUT2D eigenvalue weighted by molar-refractivity contribution is 7.12. The third-order valence-electron chi connectivity index (χ3n) is 3.06. The first-order chi connectivity index (χ1) is 9.85. The smallest absolute Gasteiger partial charge is 0.323 e. The first kappa shape index (κ1) is 17.5. The zero-order chi connectivity index (χ0) is 16.0. The average molecular weight is 314 g/mol. The zero-order valence-corrected chi connectivity index (χ0v) is 13.6. The van der Waals surface area contributed by atoms with Crippen LogP contribution in [0, 0.1) is 13.8 Å². The number of hydrogen-bond acceptors (Lipinski definition) is 4. The molecule has 0 fully saturated rings. The van der Waals surface area contributed by atoms with E-state index in [1.807, 2.05) is 26.8 Å². The van der Waals surface area contributed by atoms with Crippen LogP contribution in [0.2, 0.25) is 0 Å². The normalized spacial score (nSPS) is 12.0. The van der Waals surface area contributed by atoms with E-state index in [1.165, 1.54) is 16.9 Å². The molecule has 0 saturated heterocycles. The fraction of sp³-hybridized carbons (Fsp3) is 0.571. The summed E-state index contributed by atoms with van der Waals surface area (Å²) < 4.78 is 4.90. The maximum atomic E-state index is 12.2. The number of ether oxygens (including phenoxy) is 1. The number of carbonyl (C=O) groups is 2. The summed E-state index contributed by atoms with van der Waals surface area (Å²) in [4.78, 5) is 26.6. The topological polar surface area (TPSA) is 78.9 Å². The average Bonchev–Trinajstić information content (AvgIpc) is 2.73. The third-order valence-corrected chi connectivity index (χ3v) is 4.05. The Labute approximate surface area is 128 Å². The van der Waals surface area contributed by atoms with Crippen LogP contribution in [-0.2, 0) is 9.53 Å². The molecule has 0 spiro atoms. The van der Waals surface area contributed by atoms with Crippen molar-refractivity contribution >= 4 is 23.3 Å². The van der Waals surface area contributed by atoms with Gasteiger partial charge in [-0.05, 0) is 32.4 Å². The number of amides is 2. The van der Waals surface area contributed by atoms with Gasteiger partial charge in [0.1, 0.15) is 6.54 Å². The Balaban J connectivity index is 2.71. The SMILES string of the molecule is COCCN(CC(=O)O)C(=O)NC(C)c1cc(C)sc1C. The van der Waals surface area contributed by atoms with Crippen LogP contribution >= 0.6 is 11.3 Å². The molecule has 1 heterocycles. The molecule has 0 aliphatic carbocycles. The van der Waals surface area contributed by atoms with Gasteiger partial charge in [0, 0.05) is 23.4 Å². The number of urea groups is 1. The number of nitrogens with zero attached hydrogens (tertiary/aromatic N) is 1. The van der Waals surface area contributed by atoms with Gasteiger partial charge in [-0.2, -0.15) is 0 Å². The van der Waals surface area contributed by atoms with Crippen LogP contribution in [0.5, 0.6) is 0 Å². The van der Waals surface area contributed by atoms with Gasteiger partial charge in [0.05, 0.1) is 12.6 Å². The number of carbonyl (C=O) groups excluding carboxylic acids is 1. The molecule has 1 rings (SSSR count). The molecule has 2 N–H and O–H groups in total. The van der Waals surface area contributed by atoms with Crippen molar-refractivity contribution in [1.82, 2.24) is 10.2 Å². The Kier molecular flexibility index (Phi) is 6.64. The van der Waals surface area contributed by atoms with E-state index in [9.17, 15) is 9.59 Å². The van der Waals surface area contributed by atoms with E-state index in [0.717, 1.165) is 10.4 Å². The lowest BCUT2D eigenvalue weighted by atomic mass is 10.1. The van der Waals surface area contributed by atoms with Gasteiger partial charge in [0.15, 0.2) is 0 Å². The zero-order valence-electron chi connectivity index (χ0n) is 12.8.